The molecule has 3 rings (SSSR count). The number of benzene rings is 2. The molecular weight excluding hydrogens is 308 g/mol. The second-order valence-corrected chi connectivity index (χ2v) is 5.76. The van der Waals surface area contributed by atoms with E-state index in [1.54, 1.807) is 6.92 Å². The van der Waals surface area contributed by atoms with Crippen LogP contribution in [0.25, 0.3) is 0 Å². The van der Waals surface area contributed by atoms with Crippen LogP contribution in [0.4, 0.5) is 0 Å². The van der Waals surface area contributed by atoms with Crippen molar-refractivity contribution in [1.29, 1.82) is 0 Å². The highest BCUT2D eigenvalue weighted by molar-refractivity contribution is 5.79. The maximum Gasteiger partial charge on any atom is 0.311 e. The van der Waals surface area contributed by atoms with Crippen molar-refractivity contribution >= 4 is 5.97 Å². The van der Waals surface area contributed by atoms with E-state index in [9.17, 15) is 9.90 Å². The number of hydrogen-bond donors (Lipinski definition) is 1. The van der Waals surface area contributed by atoms with Gasteiger partial charge in [-0.3, -0.25) is 4.79 Å². The predicted molar refractivity (Wildman–Crippen MR) is 89.1 cm³/mol. The molecule has 5 nitrogen and oxygen atoms in total. The third kappa shape index (κ3) is 2.56. The van der Waals surface area contributed by atoms with Crippen LogP contribution in [0.2, 0.25) is 0 Å². The minimum atomic E-state index is -0.319. The van der Waals surface area contributed by atoms with Crippen LogP contribution >= 0.6 is 0 Å². The normalized spacial score (nSPS) is 16.8. The fourth-order valence-electron chi connectivity index (χ4n) is 3.29. The Morgan fingerprint density at radius 3 is 2.42 bits per heavy atom. The van der Waals surface area contributed by atoms with Crippen molar-refractivity contribution in [2.45, 2.75) is 25.7 Å². The number of carbonyl (C=O) groups excluding carboxylic acids is 1. The molecule has 0 saturated carbocycles. The Morgan fingerprint density at radius 1 is 1.12 bits per heavy atom. The lowest BCUT2D eigenvalue weighted by molar-refractivity contribution is -0.134. The Morgan fingerprint density at radius 2 is 1.79 bits per heavy atom. The molecule has 0 spiro atoms. The first kappa shape index (κ1) is 16.2. The van der Waals surface area contributed by atoms with Crippen molar-refractivity contribution < 1.29 is 24.1 Å². The lowest BCUT2D eigenvalue weighted by Crippen LogP contribution is -2.08. The molecule has 0 bridgehead atoms. The number of phenolic OH excluding ortho intramolecular Hbond substituents is 1. The molecular formula is C19H20O5. The summed E-state index contributed by atoms with van der Waals surface area (Å²) in [6.45, 7) is 1.80. The third-order valence-electron chi connectivity index (χ3n) is 4.44. The minimum Gasteiger partial charge on any atom is -0.504 e. The van der Waals surface area contributed by atoms with Crippen molar-refractivity contribution in [2.75, 3.05) is 14.2 Å². The van der Waals surface area contributed by atoms with Crippen LogP contribution in [0.15, 0.2) is 30.3 Å². The van der Waals surface area contributed by atoms with Gasteiger partial charge in [0.15, 0.2) is 11.5 Å². The van der Waals surface area contributed by atoms with Gasteiger partial charge in [-0.15, -0.1) is 0 Å². The number of carbonyl (C=O) groups is 1. The molecule has 1 heterocycles. The number of hydrogen-bond acceptors (Lipinski definition) is 5. The van der Waals surface area contributed by atoms with Gasteiger partial charge in [0.25, 0.3) is 0 Å². The van der Waals surface area contributed by atoms with E-state index >= 15 is 0 Å². The maximum absolute atomic E-state index is 12.1. The number of phenols is 1. The molecule has 1 aliphatic heterocycles. The molecule has 1 aliphatic rings. The molecule has 0 amide bonds. The SMILES string of the molecule is COc1c(O)c(C)c2c(c1OC)OC(=O)CCC2c1ccccc1. The zero-order valence-electron chi connectivity index (χ0n) is 14.0. The summed E-state index contributed by atoms with van der Waals surface area (Å²) in [5.74, 6) is 0.369. The molecule has 5 heteroatoms. The Bertz CT molecular complexity index is 767. The van der Waals surface area contributed by atoms with Gasteiger partial charge in [0.05, 0.1) is 14.2 Å². The first-order valence-corrected chi connectivity index (χ1v) is 7.81. The van der Waals surface area contributed by atoms with E-state index in [4.69, 9.17) is 14.2 Å². The van der Waals surface area contributed by atoms with Crippen LogP contribution < -0.4 is 14.2 Å². The van der Waals surface area contributed by atoms with Crippen molar-refractivity contribution in [1.82, 2.24) is 0 Å². The van der Waals surface area contributed by atoms with E-state index < -0.39 is 0 Å². The standard InChI is InChI=1S/C19H20O5/c1-11-15-13(12-7-5-4-6-8-12)9-10-14(20)24-17(15)19(23-3)18(22-2)16(11)21/h4-8,13,21H,9-10H2,1-3H3. The molecule has 0 aliphatic carbocycles. The zero-order chi connectivity index (χ0) is 17.3. The lowest BCUT2D eigenvalue weighted by atomic mass is 9.84. The Labute approximate surface area is 140 Å². The van der Waals surface area contributed by atoms with E-state index in [0.717, 1.165) is 11.1 Å². The number of esters is 1. The highest BCUT2D eigenvalue weighted by Crippen LogP contribution is 2.53. The quantitative estimate of drug-likeness (QED) is 0.689. The molecule has 0 saturated heterocycles. The highest BCUT2D eigenvalue weighted by atomic mass is 16.6. The number of ether oxygens (including phenoxy) is 3. The smallest absolute Gasteiger partial charge is 0.311 e. The molecule has 0 aromatic heterocycles. The lowest BCUT2D eigenvalue weighted by Gasteiger charge is -2.23. The molecule has 1 atom stereocenters. The molecule has 2 aromatic rings. The fourth-order valence-corrected chi connectivity index (χ4v) is 3.29. The second-order valence-electron chi connectivity index (χ2n) is 5.76. The van der Waals surface area contributed by atoms with Gasteiger partial charge in [0.1, 0.15) is 0 Å². The van der Waals surface area contributed by atoms with Crippen LogP contribution in [0.3, 0.4) is 0 Å². The van der Waals surface area contributed by atoms with Crippen molar-refractivity contribution in [3.63, 3.8) is 0 Å². The van der Waals surface area contributed by atoms with E-state index in [2.05, 4.69) is 0 Å². The van der Waals surface area contributed by atoms with Gasteiger partial charge in [-0.1, -0.05) is 30.3 Å². The number of fused-ring (bicyclic) bond motifs is 1. The van der Waals surface area contributed by atoms with Gasteiger partial charge in [0.2, 0.25) is 11.5 Å². The largest absolute Gasteiger partial charge is 0.504 e. The van der Waals surface area contributed by atoms with Crippen molar-refractivity contribution in [3.05, 3.63) is 47.0 Å². The average Bonchev–Trinajstić information content (AvgIpc) is 2.77. The molecule has 126 valence electrons. The molecule has 1 N–H and O–H groups in total. The van der Waals surface area contributed by atoms with Crippen LogP contribution in [0.5, 0.6) is 23.0 Å². The Hall–Kier alpha value is -2.69. The third-order valence-corrected chi connectivity index (χ3v) is 4.44. The molecule has 24 heavy (non-hydrogen) atoms. The molecule has 0 radical (unpaired) electrons. The Balaban J connectivity index is 2.31. The van der Waals surface area contributed by atoms with Crippen LogP contribution in [-0.2, 0) is 4.79 Å². The van der Waals surface area contributed by atoms with E-state index in [1.165, 1.54) is 14.2 Å². The van der Waals surface area contributed by atoms with E-state index in [1.807, 2.05) is 30.3 Å². The zero-order valence-corrected chi connectivity index (χ0v) is 14.0. The van der Waals surface area contributed by atoms with Gasteiger partial charge in [0, 0.05) is 23.5 Å². The molecule has 1 unspecified atom stereocenters. The predicted octanol–water partition coefficient (Wildman–Crippen LogP) is 3.55. The Kier molecular flexibility index (Phi) is 4.34. The van der Waals surface area contributed by atoms with Gasteiger partial charge < -0.3 is 19.3 Å². The van der Waals surface area contributed by atoms with Gasteiger partial charge in [-0.05, 0) is 18.9 Å². The topological polar surface area (TPSA) is 65.0 Å². The summed E-state index contributed by atoms with van der Waals surface area (Å²) in [6.07, 6.45) is 0.894. The summed E-state index contributed by atoms with van der Waals surface area (Å²) in [4.78, 5) is 12.1. The number of aromatic hydroxyl groups is 1. The fraction of sp³-hybridized carbons (Fsp3) is 0.316. The summed E-state index contributed by atoms with van der Waals surface area (Å²) in [7, 11) is 2.90. The van der Waals surface area contributed by atoms with Crippen LogP contribution in [0, 0.1) is 6.92 Å². The second kappa shape index (κ2) is 6.43. The highest BCUT2D eigenvalue weighted by Gasteiger charge is 2.33. The summed E-state index contributed by atoms with van der Waals surface area (Å²) in [6, 6.07) is 9.88. The van der Waals surface area contributed by atoms with Crippen molar-refractivity contribution in [2.24, 2.45) is 0 Å². The first-order valence-electron chi connectivity index (χ1n) is 7.81. The summed E-state index contributed by atoms with van der Waals surface area (Å²) < 4.78 is 16.2. The monoisotopic (exact) mass is 328 g/mol. The van der Waals surface area contributed by atoms with Crippen LogP contribution in [-0.4, -0.2) is 25.3 Å². The first-order chi connectivity index (χ1) is 11.6. The summed E-state index contributed by atoms with van der Waals surface area (Å²) >= 11 is 0. The minimum absolute atomic E-state index is 0.00646. The number of rotatable bonds is 3. The number of methoxy groups -OCH3 is 2. The molecule has 2 aromatic carbocycles. The summed E-state index contributed by atoms with van der Waals surface area (Å²) in [5.41, 5.74) is 2.46. The average molecular weight is 328 g/mol. The van der Waals surface area contributed by atoms with Gasteiger partial charge in [-0.2, -0.15) is 0 Å². The maximum atomic E-state index is 12.1. The van der Waals surface area contributed by atoms with Gasteiger partial charge >= 0.3 is 5.97 Å². The van der Waals surface area contributed by atoms with Crippen molar-refractivity contribution in [3.8, 4) is 23.0 Å². The molecule has 0 fully saturated rings. The van der Waals surface area contributed by atoms with E-state index in [0.29, 0.717) is 24.2 Å². The van der Waals surface area contributed by atoms with E-state index in [-0.39, 0.29) is 29.1 Å². The van der Waals surface area contributed by atoms with Gasteiger partial charge in [-0.25, -0.2) is 0 Å². The van der Waals surface area contributed by atoms with Crippen LogP contribution in [0.1, 0.15) is 35.4 Å². The summed E-state index contributed by atoms with van der Waals surface area (Å²) in [5, 5.41) is 10.5.